The molecule has 2 rings (SSSR count). The highest BCUT2D eigenvalue weighted by atomic mass is 35.5. The lowest BCUT2D eigenvalue weighted by molar-refractivity contribution is 0.626. The summed E-state index contributed by atoms with van der Waals surface area (Å²) in [5.74, 6) is 0.447. The fraction of sp³-hybridized carbons (Fsp3) is 0.273. The molecule has 1 aromatic carbocycles. The molecule has 0 aliphatic rings. The molecule has 0 bridgehead atoms. The zero-order chi connectivity index (χ0) is 11.5. The smallest absolute Gasteiger partial charge is 0.229 e. The molecule has 1 aromatic heterocycles. The summed E-state index contributed by atoms with van der Waals surface area (Å²) in [5, 5.41) is 8.03. The Morgan fingerprint density at radius 3 is 2.88 bits per heavy atom. The third-order valence-electron chi connectivity index (χ3n) is 2.23. The summed E-state index contributed by atoms with van der Waals surface area (Å²) in [6, 6.07) is 6.21. The minimum Gasteiger partial charge on any atom is -0.270 e. The molecule has 0 N–H and O–H groups in total. The van der Waals surface area contributed by atoms with E-state index in [0.717, 1.165) is 18.7 Å². The summed E-state index contributed by atoms with van der Waals surface area (Å²) in [5.41, 5.74) is 0.651. The molecule has 0 fully saturated rings. The Morgan fingerprint density at radius 1 is 1.38 bits per heavy atom. The topological polar surface area (TPSA) is 30.7 Å². The van der Waals surface area contributed by atoms with Gasteiger partial charge in [0.25, 0.3) is 0 Å². The van der Waals surface area contributed by atoms with Crippen molar-refractivity contribution in [3.63, 3.8) is 0 Å². The van der Waals surface area contributed by atoms with Crippen LogP contribution in [0.3, 0.4) is 0 Å². The second kappa shape index (κ2) is 4.61. The van der Waals surface area contributed by atoms with Crippen molar-refractivity contribution in [2.24, 2.45) is 0 Å². The summed E-state index contributed by atoms with van der Waals surface area (Å²) >= 11 is 5.93. The first-order chi connectivity index (χ1) is 7.72. The molecule has 0 unspecified atom stereocenters. The third kappa shape index (κ3) is 2.07. The molecule has 0 amide bonds. The van der Waals surface area contributed by atoms with E-state index in [9.17, 15) is 4.39 Å². The van der Waals surface area contributed by atoms with Gasteiger partial charge in [-0.05, 0) is 36.2 Å². The average molecular weight is 240 g/mol. The first-order valence-corrected chi connectivity index (χ1v) is 5.46. The maximum Gasteiger partial charge on any atom is 0.229 e. The van der Waals surface area contributed by atoms with Gasteiger partial charge in [0, 0.05) is 6.42 Å². The molecule has 0 spiro atoms. The molecule has 0 atom stereocenters. The van der Waals surface area contributed by atoms with Gasteiger partial charge < -0.3 is 0 Å². The Balaban J connectivity index is 2.50. The largest absolute Gasteiger partial charge is 0.270 e. The number of rotatable bonds is 3. The van der Waals surface area contributed by atoms with Crippen molar-refractivity contribution in [3.05, 3.63) is 41.2 Å². The summed E-state index contributed by atoms with van der Waals surface area (Å²) in [4.78, 5) is 0. The zero-order valence-corrected chi connectivity index (χ0v) is 9.58. The number of benzene rings is 1. The van der Waals surface area contributed by atoms with Crippen molar-refractivity contribution in [3.8, 4) is 5.69 Å². The van der Waals surface area contributed by atoms with Gasteiger partial charge >= 0.3 is 0 Å². The highest BCUT2D eigenvalue weighted by Gasteiger charge is 2.11. The predicted molar refractivity (Wildman–Crippen MR) is 60.3 cm³/mol. The Labute approximate surface area is 97.9 Å². The lowest BCUT2D eigenvalue weighted by Crippen LogP contribution is -2.01. The predicted octanol–water partition coefficient (Wildman–Crippen LogP) is 3.01. The maximum atomic E-state index is 13.1. The normalized spacial score (nSPS) is 10.7. The molecule has 0 aliphatic heterocycles. The minimum atomic E-state index is -0.301. The number of halogens is 2. The maximum absolute atomic E-state index is 13.1. The van der Waals surface area contributed by atoms with E-state index in [2.05, 4.69) is 10.2 Å². The zero-order valence-electron chi connectivity index (χ0n) is 8.82. The van der Waals surface area contributed by atoms with Crippen molar-refractivity contribution in [1.82, 2.24) is 14.8 Å². The molecule has 2 aromatic rings. The van der Waals surface area contributed by atoms with Gasteiger partial charge in [0.15, 0.2) is 0 Å². The van der Waals surface area contributed by atoms with Gasteiger partial charge in [-0.3, -0.25) is 4.57 Å². The van der Waals surface area contributed by atoms with Crippen LogP contribution in [0.15, 0.2) is 24.3 Å². The highest BCUT2D eigenvalue weighted by molar-refractivity contribution is 6.28. The van der Waals surface area contributed by atoms with Crippen LogP contribution < -0.4 is 0 Å². The summed E-state index contributed by atoms with van der Waals surface area (Å²) in [6.07, 6.45) is 1.70. The van der Waals surface area contributed by atoms with E-state index in [1.165, 1.54) is 12.1 Å². The van der Waals surface area contributed by atoms with Gasteiger partial charge in [0.2, 0.25) is 5.28 Å². The molecule has 1 heterocycles. The van der Waals surface area contributed by atoms with Crippen LogP contribution >= 0.6 is 11.6 Å². The SMILES string of the molecule is CCCc1nnc(Cl)n1-c1cccc(F)c1. The summed E-state index contributed by atoms with van der Waals surface area (Å²) < 4.78 is 14.8. The van der Waals surface area contributed by atoms with Crippen LogP contribution in [0.1, 0.15) is 19.2 Å². The number of aryl methyl sites for hydroxylation is 1. The Hall–Kier alpha value is -1.42. The van der Waals surface area contributed by atoms with Gasteiger partial charge in [-0.25, -0.2) is 4.39 Å². The van der Waals surface area contributed by atoms with Crippen LogP contribution in [-0.2, 0) is 6.42 Å². The fourth-order valence-corrected chi connectivity index (χ4v) is 1.78. The van der Waals surface area contributed by atoms with Crippen LogP contribution in [0, 0.1) is 5.82 Å². The van der Waals surface area contributed by atoms with Crippen LogP contribution in [0.4, 0.5) is 4.39 Å². The van der Waals surface area contributed by atoms with E-state index in [-0.39, 0.29) is 11.1 Å². The van der Waals surface area contributed by atoms with Gasteiger partial charge in [-0.15, -0.1) is 10.2 Å². The monoisotopic (exact) mass is 239 g/mol. The molecule has 5 heteroatoms. The Kier molecular flexibility index (Phi) is 3.19. The Morgan fingerprint density at radius 2 is 2.19 bits per heavy atom. The molecular formula is C11H11ClFN3. The second-order valence-electron chi connectivity index (χ2n) is 3.45. The fourth-order valence-electron chi connectivity index (χ4n) is 1.55. The molecule has 0 saturated heterocycles. The number of nitrogens with zero attached hydrogens (tertiary/aromatic N) is 3. The van der Waals surface area contributed by atoms with E-state index in [1.54, 1.807) is 16.7 Å². The summed E-state index contributed by atoms with van der Waals surface area (Å²) in [7, 11) is 0. The molecule has 84 valence electrons. The molecule has 16 heavy (non-hydrogen) atoms. The highest BCUT2D eigenvalue weighted by Crippen LogP contribution is 2.18. The third-order valence-corrected chi connectivity index (χ3v) is 2.48. The number of aromatic nitrogens is 3. The van der Waals surface area contributed by atoms with E-state index in [4.69, 9.17) is 11.6 Å². The lowest BCUT2D eigenvalue weighted by Gasteiger charge is -2.06. The first kappa shape index (κ1) is 11.1. The van der Waals surface area contributed by atoms with Crippen molar-refractivity contribution < 1.29 is 4.39 Å². The lowest BCUT2D eigenvalue weighted by atomic mass is 10.3. The van der Waals surface area contributed by atoms with Crippen LogP contribution in [0.2, 0.25) is 5.28 Å². The van der Waals surface area contributed by atoms with E-state index in [0.29, 0.717) is 5.69 Å². The van der Waals surface area contributed by atoms with Crippen molar-refractivity contribution in [2.75, 3.05) is 0 Å². The van der Waals surface area contributed by atoms with Gasteiger partial charge in [-0.1, -0.05) is 13.0 Å². The van der Waals surface area contributed by atoms with Crippen LogP contribution in [-0.4, -0.2) is 14.8 Å². The van der Waals surface area contributed by atoms with Gasteiger partial charge in [-0.2, -0.15) is 0 Å². The summed E-state index contributed by atoms with van der Waals surface area (Å²) in [6.45, 7) is 2.04. The Bertz CT molecular complexity index is 496. The molecule has 0 radical (unpaired) electrons. The van der Waals surface area contributed by atoms with E-state index < -0.39 is 0 Å². The van der Waals surface area contributed by atoms with Crippen LogP contribution in [0.5, 0.6) is 0 Å². The van der Waals surface area contributed by atoms with Gasteiger partial charge in [0.05, 0.1) is 5.69 Å². The average Bonchev–Trinajstić information content (AvgIpc) is 2.60. The number of hydrogen-bond donors (Lipinski definition) is 0. The minimum absolute atomic E-state index is 0.258. The van der Waals surface area contributed by atoms with Crippen molar-refractivity contribution in [1.29, 1.82) is 0 Å². The quantitative estimate of drug-likeness (QED) is 0.824. The second-order valence-corrected chi connectivity index (χ2v) is 3.79. The van der Waals surface area contributed by atoms with E-state index in [1.807, 2.05) is 6.92 Å². The molecule has 3 nitrogen and oxygen atoms in total. The van der Waals surface area contributed by atoms with Crippen LogP contribution in [0.25, 0.3) is 5.69 Å². The van der Waals surface area contributed by atoms with Crippen molar-refractivity contribution in [2.45, 2.75) is 19.8 Å². The van der Waals surface area contributed by atoms with Crippen molar-refractivity contribution >= 4 is 11.6 Å². The first-order valence-electron chi connectivity index (χ1n) is 5.08. The number of hydrogen-bond acceptors (Lipinski definition) is 2. The molecule has 0 aliphatic carbocycles. The van der Waals surface area contributed by atoms with Gasteiger partial charge in [0.1, 0.15) is 11.6 Å². The molecule has 0 saturated carbocycles. The standard InChI is InChI=1S/C11H11ClFN3/c1-2-4-10-14-15-11(12)16(10)9-6-3-5-8(13)7-9/h3,5-7H,2,4H2,1H3. The molecular weight excluding hydrogens is 229 g/mol. The van der Waals surface area contributed by atoms with E-state index >= 15 is 0 Å².